The van der Waals surface area contributed by atoms with Crippen LogP contribution in [0.25, 0.3) is 31.3 Å². The highest BCUT2D eigenvalue weighted by Gasteiger charge is 2.58. The molecule has 8 aromatic carbocycles. The first-order chi connectivity index (χ1) is 36.5. The van der Waals surface area contributed by atoms with Crippen molar-refractivity contribution >= 4 is 100 Å². The molecule has 388 valence electrons. The topological polar surface area (TPSA) is 9.72 Å². The molecular formula is C72H76BN3S. The second kappa shape index (κ2) is 17.0. The van der Waals surface area contributed by atoms with Gasteiger partial charge in [0, 0.05) is 65.3 Å². The van der Waals surface area contributed by atoms with E-state index in [1.807, 2.05) is 11.3 Å². The average molecular weight is 1030 g/mol. The van der Waals surface area contributed by atoms with Gasteiger partial charge in [-0.25, -0.2) is 0 Å². The van der Waals surface area contributed by atoms with Crippen LogP contribution in [0, 0.1) is 0 Å². The summed E-state index contributed by atoms with van der Waals surface area (Å²) in [4.78, 5) is 8.25. The smallest absolute Gasteiger partial charge is 0.252 e. The Kier molecular flexibility index (Phi) is 11.0. The highest BCUT2D eigenvalue weighted by molar-refractivity contribution is 7.26. The van der Waals surface area contributed by atoms with E-state index in [9.17, 15) is 0 Å². The van der Waals surface area contributed by atoms with Crippen molar-refractivity contribution in [1.82, 2.24) is 0 Å². The highest BCUT2D eigenvalue weighted by Crippen LogP contribution is 2.63. The standard InChI is InChI=1S/C72H76BN3S/c1-67(2,3)46-26-31-50(32-27-46)74-59-36-30-49(70(10,11)12)42-56(59)73-55-33-37-63-64(52-24-18-19-25-62(52)77-63)66(55)75(57-34-28-47(68(4,5)6)40-53(57)45-22-16-15-17-23-45)61-44-51(43-60(74)65(61)73)76-58-35-29-48(69(7,8)9)41-54(58)71(13)38-20-21-39-72(71,76)14/h15-19,22-37,40-44H,20-21,38-39H2,1-14H3. The molecule has 13 rings (SSSR count). The van der Waals surface area contributed by atoms with Gasteiger partial charge in [0.1, 0.15) is 0 Å². The zero-order chi connectivity index (χ0) is 53.9. The van der Waals surface area contributed by atoms with Crippen LogP contribution < -0.4 is 31.1 Å². The van der Waals surface area contributed by atoms with Crippen molar-refractivity contribution in [1.29, 1.82) is 0 Å². The van der Waals surface area contributed by atoms with Crippen LogP contribution in [0.4, 0.5) is 45.5 Å². The zero-order valence-electron chi connectivity index (χ0n) is 48.2. The molecule has 2 atom stereocenters. The molecule has 1 fully saturated rings. The van der Waals surface area contributed by atoms with Crippen molar-refractivity contribution in [2.75, 3.05) is 14.7 Å². The Hall–Kier alpha value is -6.56. The Bertz CT molecular complexity index is 3860. The predicted octanol–water partition coefficient (Wildman–Crippen LogP) is 18.7. The van der Waals surface area contributed by atoms with Gasteiger partial charge in [0.2, 0.25) is 0 Å². The van der Waals surface area contributed by atoms with Gasteiger partial charge >= 0.3 is 0 Å². The molecule has 4 heterocycles. The zero-order valence-corrected chi connectivity index (χ0v) is 49.0. The van der Waals surface area contributed by atoms with Crippen LogP contribution in [-0.4, -0.2) is 12.3 Å². The van der Waals surface area contributed by atoms with Crippen LogP contribution in [0.2, 0.25) is 0 Å². The van der Waals surface area contributed by atoms with Gasteiger partial charge in [-0.15, -0.1) is 11.3 Å². The number of anilines is 8. The third-order valence-corrected chi connectivity index (χ3v) is 20.0. The SMILES string of the molecule is CC(C)(C)c1ccc(N2c3ccc(C(C)(C)C)cc3B3c4ccc5sc6ccccc6c5c4N(c4ccc(C(C)(C)C)cc4-c4ccccc4)c4cc(N5c6ccc(C(C)(C)C)cc6C6(C)CCCCC56C)cc2c43)cc1. The van der Waals surface area contributed by atoms with E-state index < -0.39 is 0 Å². The van der Waals surface area contributed by atoms with Crippen molar-refractivity contribution < 1.29 is 0 Å². The van der Waals surface area contributed by atoms with Gasteiger partial charge in [0.05, 0.1) is 16.9 Å². The lowest BCUT2D eigenvalue weighted by molar-refractivity contribution is 0.195. The van der Waals surface area contributed by atoms with Crippen LogP contribution in [-0.2, 0) is 27.1 Å². The second-order valence-electron chi connectivity index (χ2n) is 27.8. The summed E-state index contributed by atoms with van der Waals surface area (Å²) in [6.07, 6.45) is 4.74. The fraction of sp³-hybridized carbons (Fsp3) is 0.333. The molecule has 0 saturated heterocycles. The predicted molar refractivity (Wildman–Crippen MR) is 336 cm³/mol. The Balaban J connectivity index is 1.21. The minimum Gasteiger partial charge on any atom is -0.334 e. The number of rotatable bonds is 4. The minimum absolute atomic E-state index is 0.0165. The van der Waals surface area contributed by atoms with Crippen molar-refractivity contribution in [3.63, 3.8) is 0 Å². The lowest BCUT2D eigenvalue weighted by atomic mass is 9.33. The molecule has 1 aromatic heterocycles. The third-order valence-electron chi connectivity index (χ3n) is 18.8. The largest absolute Gasteiger partial charge is 0.334 e. The van der Waals surface area contributed by atoms with E-state index in [2.05, 4.69) is 269 Å². The van der Waals surface area contributed by atoms with E-state index in [-0.39, 0.29) is 39.3 Å². The van der Waals surface area contributed by atoms with Gasteiger partial charge in [-0.1, -0.05) is 200 Å². The molecule has 1 aliphatic carbocycles. The molecule has 0 spiro atoms. The molecule has 5 heteroatoms. The average Bonchev–Trinajstić information content (AvgIpc) is 4.02. The maximum absolute atomic E-state index is 2.84. The summed E-state index contributed by atoms with van der Waals surface area (Å²) in [7, 11) is 0. The van der Waals surface area contributed by atoms with Crippen molar-refractivity contribution in [2.24, 2.45) is 0 Å². The quantitative estimate of drug-likeness (QED) is 0.163. The van der Waals surface area contributed by atoms with Crippen molar-refractivity contribution in [2.45, 2.75) is 155 Å². The summed E-state index contributed by atoms with van der Waals surface area (Å²) >= 11 is 1.92. The van der Waals surface area contributed by atoms with Crippen LogP contribution in [0.5, 0.6) is 0 Å². The maximum atomic E-state index is 2.84. The second-order valence-corrected chi connectivity index (χ2v) is 28.9. The van der Waals surface area contributed by atoms with E-state index in [4.69, 9.17) is 0 Å². The Morgan fingerprint density at radius 2 is 1.03 bits per heavy atom. The molecule has 9 aromatic rings. The number of hydrogen-bond acceptors (Lipinski definition) is 4. The first kappa shape index (κ1) is 50.0. The van der Waals surface area contributed by atoms with Crippen molar-refractivity contribution in [3.8, 4) is 11.1 Å². The molecule has 2 unspecified atom stereocenters. The molecule has 1 saturated carbocycles. The van der Waals surface area contributed by atoms with Gasteiger partial charge in [-0.3, -0.25) is 0 Å². The normalized spacial score (nSPS) is 19.1. The molecular weight excluding hydrogens is 950 g/mol. The fourth-order valence-electron chi connectivity index (χ4n) is 14.2. The van der Waals surface area contributed by atoms with Crippen LogP contribution in [0.1, 0.15) is 150 Å². The third kappa shape index (κ3) is 7.56. The lowest BCUT2D eigenvalue weighted by Crippen LogP contribution is -2.61. The minimum atomic E-state index is -0.171. The Morgan fingerprint density at radius 3 is 1.70 bits per heavy atom. The van der Waals surface area contributed by atoms with Crippen LogP contribution >= 0.6 is 11.3 Å². The maximum Gasteiger partial charge on any atom is 0.252 e. The van der Waals surface area contributed by atoms with E-state index in [1.54, 1.807) is 0 Å². The van der Waals surface area contributed by atoms with Gasteiger partial charge in [-0.05, 0) is 152 Å². The molecule has 4 aliphatic rings. The molecule has 3 nitrogen and oxygen atoms in total. The molecule has 0 radical (unpaired) electrons. The number of nitrogens with zero attached hydrogens (tertiary/aromatic N) is 3. The lowest BCUT2D eigenvalue weighted by Gasteiger charge is -2.51. The summed E-state index contributed by atoms with van der Waals surface area (Å²) in [5, 5.41) is 2.65. The summed E-state index contributed by atoms with van der Waals surface area (Å²) in [6, 6.07) is 62.5. The van der Waals surface area contributed by atoms with Gasteiger partial charge < -0.3 is 14.7 Å². The Morgan fingerprint density at radius 1 is 0.455 bits per heavy atom. The monoisotopic (exact) mass is 1030 g/mol. The van der Waals surface area contributed by atoms with Gasteiger partial charge in [0.25, 0.3) is 6.71 Å². The van der Waals surface area contributed by atoms with Crippen LogP contribution in [0.3, 0.4) is 0 Å². The molecule has 3 aliphatic heterocycles. The highest BCUT2D eigenvalue weighted by atomic mass is 32.1. The van der Waals surface area contributed by atoms with E-state index in [0.717, 1.165) is 6.42 Å². The van der Waals surface area contributed by atoms with Crippen LogP contribution in [0.15, 0.2) is 158 Å². The summed E-state index contributed by atoms with van der Waals surface area (Å²) < 4.78 is 2.63. The molecule has 0 N–H and O–H groups in total. The van der Waals surface area contributed by atoms with Gasteiger partial charge in [0.15, 0.2) is 0 Å². The number of hydrogen-bond donors (Lipinski definition) is 0. The number of benzene rings is 8. The number of fused-ring (bicyclic) bond motifs is 11. The molecule has 0 bridgehead atoms. The first-order valence-electron chi connectivity index (χ1n) is 28.6. The number of thiophene rings is 1. The summed E-state index contributed by atoms with van der Waals surface area (Å²) in [5.74, 6) is 0. The first-order valence-corrected chi connectivity index (χ1v) is 29.4. The van der Waals surface area contributed by atoms with Crippen molar-refractivity contribution in [3.05, 3.63) is 186 Å². The summed E-state index contributed by atoms with van der Waals surface area (Å²) in [6.45, 7) is 33.4. The summed E-state index contributed by atoms with van der Waals surface area (Å²) in [5.41, 5.74) is 23.2. The fourth-order valence-corrected chi connectivity index (χ4v) is 15.3. The van der Waals surface area contributed by atoms with E-state index in [1.165, 1.54) is 140 Å². The van der Waals surface area contributed by atoms with E-state index in [0.29, 0.717) is 0 Å². The Labute approximate surface area is 464 Å². The van der Waals surface area contributed by atoms with Gasteiger partial charge in [-0.2, -0.15) is 0 Å². The molecule has 0 amide bonds. The van der Waals surface area contributed by atoms with E-state index >= 15 is 0 Å². The molecule has 77 heavy (non-hydrogen) atoms.